The molecule has 1 aliphatic rings. The normalized spacial score (nSPS) is 13.0. The van der Waals surface area contributed by atoms with Gasteiger partial charge in [-0.2, -0.15) is 0 Å². The summed E-state index contributed by atoms with van der Waals surface area (Å²) >= 11 is 0. The van der Waals surface area contributed by atoms with Gasteiger partial charge in [0.25, 0.3) is 0 Å². The highest BCUT2D eigenvalue weighted by molar-refractivity contribution is 6.08. The zero-order chi connectivity index (χ0) is 27.2. The standard InChI is InChI=1S/C26H26F2N6O4/c1-33(2)18-14-34(15-18)26(37)32-23-12-20(9-10-29-23)38-19-7-8-22(21(28)11-19)31-25(36)13-24(35)30-17-5-3-16(27)4-6-17/h3-12,18H,13-15H2,1-2H3,(H,30,35)(H,31,36)(H,29,32,37). The van der Waals surface area contributed by atoms with E-state index in [0.717, 1.165) is 6.07 Å². The van der Waals surface area contributed by atoms with Gasteiger partial charge < -0.3 is 25.2 Å². The van der Waals surface area contributed by atoms with Gasteiger partial charge in [-0.05, 0) is 56.6 Å². The molecule has 1 aliphatic heterocycles. The predicted molar refractivity (Wildman–Crippen MR) is 137 cm³/mol. The van der Waals surface area contributed by atoms with Gasteiger partial charge >= 0.3 is 6.03 Å². The molecular weight excluding hydrogens is 498 g/mol. The Morgan fingerprint density at radius 2 is 1.63 bits per heavy atom. The molecule has 38 heavy (non-hydrogen) atoms. The number of aromatic nitrogens is 1. The van der Waals surface area contributed by atoms with Crippen LogP contribution in [0.1, 0.15) is 6.42 Å². The lowest BCUT2D eigenvalue weighted by molar-refractivity contribution is -0.123. The van der Waals surface area contributed by atoms with Crippen molar-refractivity contribution in [2.45, 2.75) is 12.5 Å². The van der Waals surface area contributed by atoms with Crippen LogP contribution in [-0.4, -0.2) is 65.9 Å². The van der Waals surface area contributed by atoms with Gasteiger partial charge in [0.1, 0.15) is 35.4 Å². The Morgan fingerprint density at radius 1 is 0.947 bits per heavy atom. The first-order valence-electron chi connectivity index (χ1n) is 11.7. The van der Waals surface area contributed by atoms with Crippen LogP contribution in [0, 0.1) is 11.6 Å². The number of anilines is 3. The number of pyridine rings is 1. The summed E-state index contributed by atoms with van der Waals surface area (Å²) in [5, 5.41) is 7.50. The Hall–Kier alpha value is -4.58. The van der Waals surface area contributed by atoms with Gasteiger partial charge in [0.2, 0.25) is 11.8 Å². The summed E-state index contributed by atoms with van der Waals surface area (Å²) in [6, 6.07) is 12.0. The molecule has 2 aromatic carbocycles. The zero-order valence-corrected chi connectivity index (χ0v) is 20.7. The molecular formula is C26H26F2N6O4. The van der Waals surface area contributed by atoms with Gasteiger partial charge in [-0.3, -0.25) is 14.9 Å². The molecule has 0 aliphatic carbocycles. The minimum atomic E-state index is -0.773. The summed E-state index contributed by atoms with van der Waals surface area (Å²) < 4.78 is 33.2. The van der Waals surface area contributed by atoms with Crippen molar-refractivity contribution in [3.63, 3.8) is 0 Å². The van der Waals surface area contributed by atoms with Crippen LogP contribution in [-0.2, 0) is 9.59 Å². The molecule has 4 rings (SSSR count). The third-order valence-electron chi connectivity index (χ3n) is 5.75. The van der Waals surface area contributed by atoms with Crippen molar-refractivity contribution in [2.75, 3.05) is 43.1 Å². The molecule has 1 saturated heterocycles. The van der Waals surface area contributed by atoms with Crippen LogP contribution in [0.25, 0.3) is 0 Å². The third kappa shape index (κ3) is 7.01. The van der Waals surface area contributed by atoms with Crippen molar-refractivity contribution in [1.82, 2.24) is 14.8 Å². The quantitative estimate of drug-likeness (QED) is 0.385. The molecule has 3 N–H and O–H groups in total. The fourth-order valence-electron chi connectivity index (χ4n) is 3.55. The molecule has 0 atom stereocenters. The van der Waals surface area contributed by atoms with Crippen molar-refractivity contribution in [1.29, 1.82) is 0 Å². The molecule has 3 aromatic rings. The van der Waals surface area contributed by atoms with Gasteiger partial charge in [-0.25, -0.2) is 18.6 Å². The molecule has 2 heterocycles. The number of hydrogen-bond acceptors (Lipinski definition) is 6. The van der Waals surface area contributed by atoms with E-state index in [1.807, 2.05) is 14.1 Å². The minimum Gasteiger partial charge on any atom is -0.457 e. The van der Waals surface area contributed by atoms with Crippen molar-refractivity contribution in [2.24, 2.45) is 0 Å². The Kier molecular flexibility index (Phi) is 8.12. The van der Waals surface area contributed by atoms with E-state index in [1.54, 1.807) is 11.0 Å². The predicted octanol–water partition coefficient (Wildman–Crippen LogP) is 3.90. The maximum absolute atomic E-state index is 14.6. The number of likely N-dealkylation sites (tertiary alicyclic amines) is 1. The molecule has 0 spiro atoms. The van der Waals surface area contributed by atoms with Gasteiger partial charge in [0.15, 0.2) is 0 Å². The van der Waals surface area contributed by atoms with Gasteiger partial charge in [-0.1, -0.05) is 0 Å². The average molecular weight is 525 g/mol. The van der Waals surface area contributed by atoms with E-state index in [9.17, 15) is 23.2 Å². The first-order chi connectivity index (χ1) is 18.2. The third-order valence-corrected chi connectivity index (χ3v) is 5.75. The highest BCUT2D eigenvalue weighted by atomic mass is 19.1. The fraction of sp³-hybridized carbons (Fsp3) is 0.231. The van der Waals surface area contributed by atoms with Crippen molar-refractivity contribution >= 4 is 35.0 Å². The van der Waals surface area contributed by atoms with Crippen LogP contribution in [0.5, 0.6) is 11.5 Å². The number of nitrogens with one attached hydrogen (secondary N) is 3. The lowest BCUT2D eigenvalue weighted by Gasteiger charge is -2.42. The molecule has 12 heteroatoms. The monoisotopic (exact) mass is 524 g/mol. The van der Waals surface area contributed by atoms with E-state index in [1.165, 1.54) is 48.7 Å². The average Bonchev–Trinajstić information content (AvgIpc) is 2.81. The smallest absolute Gasteiger partial charge is 0.323 e. The van der Waals surface area contributed by atoms with E-state index >= 15 is 0 Å². The fourth-order valence-corrected chi connectivity index (χ4v) is 3.55. The number of carbonyl (C=O) groups is 3. The number of halogens is 2. The van der Waals surface area contributed by atoms with E-state index in [0.29, 0.717) is 30.6 Å². The summed E-state index contributed by atoms with van der Waals surface area (Å²) in [7, 11) is 3.92. The van der Waals surface area contributed by atoms with Crippen LogP contribution in [0.4, 0.5) is 30.8 Å². The number of likely N-dealkylation sites (N-methyl/N-ethyl adjacent to an activating group) is 1. The van der Waals surface area contributed by atoms with Crippen molar-refractivity contribution in [3.05, 3.63) is 72.4 Å². The number of rotatable bonds is 8. The second-order valence-electron chi connectivity index (χ2n) is 8.85. The minimum absolute atomic E-state index is 0.134. The van der Waals surface area contributed by atoms with Crippen LogP contribution in [0.15, 0.2) is 60.8 Å². The lowest BCUT2D eigenvalue weighted by atomic mass is 10.1. The topological polar surface area (TPSA) is 116 Å². The maximum Gasteiger partial charge on any atom is 0.323 e. The molecule has 0 unspecified atom stereocenters. The number of hydrogen-bond donors (Lipinski definition) is 3. The summed E-state index contributed by atoms with van der Waals surface area (Å²) in [5.41, 5.74) is 0.194. The van der Waals surface area contributed by atoms with Crippen LogP contribution in [0.2, 0.25) is 0 Å². The van der Waals surface area contributed by atoms with Gasteiger partial charge in [0, 0.05) is 43.1 Å². The number of amides is 4. The summed E-state index contributed by atoms with van der Waals surface area (Å²) in [5.74, 6) is -1.85. The number of benzene rings is 2. The summed E-state index contributed by atoms with van der Waals surface area (Å²) in [6.45, 7) is 1.24. The molecule has 1 aromatic heterocycles. The lowest BCUT2D eigenvalue weighted by Crippen LogP contribution is -2.60. The van der Waals surface area contributed by atoms with Gasteiger partial charge in [-0.15, -0.1) is 0 Å². The summed E-state index contributed by atoms with van der Waals surface area (Å²) in [4.78, 5) is 44.4. The Balaban J connectivity index is 1.29. The molecule has 0 bridgehead atoms. The molecule has 10 nitrogen and oxygen atoms in total. The number of carbonyl (C=O) groups excluding carboxylic acids is 3. The van der Waals surface area contributed by atoms with E-state index in [-0.39, 0.29) is 23.3 Å². The summed E-state index contributed by atoms with van der Waals surface area (Å²) in [6.07, 6.45) is 0.888. The van der Waals surface area contributed by atoms with Gasteiger partial charge in [0.05, 0.1) is 5.69 Å². The number of nitrogens with zero attached hydrogens (tertiary/aromatic N) is 3. The first-order valence-corrected chi connectivity index (χ1v) is 11.7. The largest absolute Gasteiger partial charge is 0.457 e. The van der Waals surface area contributed by atoms with E-state index < -0.39 is 29.9 Å². The van der Waals surface area contributed by atoms with Crippen molar-refractivity contribution < 1.29 is 27.9 Å². The van der Waals surface area contributed by atoms with Crippen LogP contribution >= 0.6 is 0 Å². The van der Waals surface area contributed by atoms with Crippen LogP contribution in [0.3, 0.4) is 0 Å². The van der Waals surface area contributed by atoms with Crippen LogP contribution < -0.4 is 20.7 Å². The van der Waals surface area contributed by atoms with E-state index in [2.05, 4.69) is 25.8 Å². The molecule has 198 valence electrons. The molecule has 4 amide bonds. The number of ether oxygens (including phenoxy) is 1. The SMILES string of the molecule is CN(C)C1CN(C(=O)Nc2cc(Oc3ccc(NC(=O)CC(=O)Nc4ccc(F)cc4)c(F)c3)ccn2)C1. The highest BCUT2D eigenvalue weighted by Crippen LogP contribution is 2.27. The molecule has 0 radical (unpaired) electrons. The van der Waals surface area contributed by atoms with E-state index in [4.69, 9.17) is 4.74 Å². The first kappa shape index (κ1) is 26.5. The Bertz CT molecular complexity index is 1330. The molecule has 0 saturated carbocycles. The second-order valence-corrected chi connectivity index (χ2v) is 8.85. The Labute approximate surface area is 217 Å². The molecule has 1 fully saturated rings. The second kappa shape index (κ2) is 11.6. The Morgan fingerprint density at radius 3 is 2.32 bits per heavy atom. The number of urea groups is 1. The zero-order valence-electron chi connectivity index (χ0n) is 20.7. The highest BCUT2D eigenvalue weighted by Gasteiger charge is 2.32. The van der Waals surface area contributed by atoms with Crippen molar-refractivity contribution in [3.8, 4) is 11.5 Å². The maximum atomic E-state index is 14.6.